The zero-order chi connectivity index (χ0) is 16.4. The largest absolute Gasteiger partial charge is 0.390 e. The quantitative estimate of drug-likeness (QED) is 0.937. The first-order chi connectivity index (χ1) is 11.8. The normalized spacial score (nSPS) is 20.9. The molecule has 2 fully saturated rings. The second kappa shape index (κ2) is 7.06. The van der Waals surface area contributed by atoms with Crippen LogP contribution >= 0.6 is 0 Å². The standard InChI is InChI=1S/C21H26N2O/c24-20-15-23(16-20)19-10-12-22(13-11-19)14-18-8-4-5-9-21(18)17-6-2-1-3-7-17/h1-9,19-20,24H,10-16H2. The average molecular weight is 322 g/mol. The third-order valence-corrected chi connectivity index (χ3v) is 5.46. The third kappa shape index (κ3) is 3.39. The maximum atomic E-state index is 9.48. The van der Waals surface area contributed by atoms with Crippen molar-refractivity contribution in [2.75, 3.05) is 26.2 Å². The van der Waals surface area contributed by atoms with Crippen molar-refractivity contribution in [2.45, 2.75) is 31.5 Å². The monoisotopic (exact) mass is 322 g/mol. The summed E-state index contributed by atoms with van der Waals surface area (Å²) < 4.78 is 0. The van der Waals surface area contributed by atoms with E-state index in [1.54, 1.807) is 0 Å². The molecule has 0 atom stereocenters. The fourth-order valence-electron chi connectivity index (χ4n) is 4.03. The van der Waals surface area contributed by atoms with Gasteiger partial charge in [-0.3, -0.25) is 9.80 Å². The van der Waals surface area contributed by atoms with Crippen LogP contribution in [-0.4, -0.2) is 53.2 Å². The molecule has 0 aliphatic carbocycles. The van der Waals surface area contributed by atoms with E-state index in [1.807, 2.05) is 0 Å². The molecule has 0 bridgehead atoms. The van der Waals surface area contributed by atoms with E-state index in [4.69, 9.17) is 0 Å². The van der Waals surface area contributed by atoms with Crippen LogP contribution in [-0.2, 0) is 6.54 Å². The van der Waals surface area contributed by atoms with Crippen LogP contribution in [0.3, 0.4) is 0 Å². The van der Waals surface area contributed by atoms with Gasteiger partial charge in [0.2, 0.25) is 0 Å². The number of aliphatic hydroxyl groups is 1. The van der Waals surface area contributed by atoms with Crippen molar-refractivity contribution in [2.24, 2.45) is 0 Å². The molecule has 0 radical (unpaired) electrons. The predicted molar refractivity (Wildman–Crippen MR) is 97.8 cm³/mol. The number of benzene rings is 2. The van der Waals surface area contributed by atoms with Crippen molar-refractivity contribution >= 4 is 0 Å². The number of nitrogens with zero attached hydrogens (tertiary/aromatic N) is 2. The lowest BCUT2D eigenvalue weighted by Crippen LogP contribution is -2.57. The van der Waals surface area contributed by atoms with Crippen molar-refractivity contribution in [3.05, 3.63) is 60.2 Å². The molecule has 0 saturated carbocycles. The zero-order valence-electron chi connectivity index (χ0n) is 14.1. The van der Waals surface area contributed by atoms with Gasteiger partial charge in [-0.2, -0.15) is 0 Å². The number of likely N-dealkylation sites (tertiary alicyclic amines) is 2. The van der Waals surface area contributed by atoms with Crippen molar-refractivity contribution in [1.29, 1.82) is 0 Å². The summed E-state index contributed by atoms with van der Waals surface area (Å²) in [5, 5.41) is 9.48. The first-order valence-corrected chi connectivity index (χ1v) is 9.07. The van der Waals surface area contributed by atoms with Gasteiger partial charge < -0.3 is 5.11 Å². The van der Waals surface area contributed by atoms with Crippen LogP contribution in [0.15, 0.2) is 54.6 Å². The molecule has 3 heteroatoms. The van der Waals surface area contributed by atoms with Crippen LogP contribution in [0, 0.1) is 0 Å². The first kappa shape index (κ1) is 15.8. The van der Waals surface area contributed by atoms with Gasteiger partial charge in [-0.25, -0.2) is 0 Å². The molecule has 0 amide bonds. The van der Waals surface area contributed by atoms with E-state index < -0.39 is 0 Å². The molecular weight excluding hydrogens is 296 g/mol. The van der Waals surface area contributed by atoms with Crippen LogP contribution < -0.4 is 0 Å². The molecular formula is C21H26N2O. The highest BCUT2D eigenvalue weighted by Gasteiger charge is 2.32. The van der Waals surface area contributed by atoms with Crippen LogP contribution in [0.25, 0.3) is 11.1 Å². The molecule has 2 heterocycles. The summed E-state index contributed by atoms with van der Waals surface area (Å²) in [6.45, 7) is 5.09. The highest BCUT2D eigenvalue weighted by molar-refractivity contribution is 5.67. The molecule has 2 aliphatic heterocycles. The van der Waals surface area contributed by atoms with Gasteiger partial charge in [0.05, 0.1) is 6.10 Å². The Morgan fingerprint density at radius 3 is 2.25 bits per heavy atom. The Morgan fingerprint density at radius 2 is 1.54 bits per heavy atom. The highest BCUT2D eigenvalue weighted by atomic mass is 16.3. The minimum Gasteiger partial charge on any atom is -0.390 e. The van der Waals surface area contributed by atoms with Crippen LogP contribution in [0.1, 0.15) is 18.4 Å². The Morgan fingerprint density at radius 1 is 0.875 bits per heavy atom. The number of rotatable bonds is 4. The molecule has 126 valence electrons. The van der Waals surface area contributed by atoms with Crippen molar-refractivity contribution in [1.82, 2.24) is 9.80 Å². The molecule has 24 heavy (non-hydrogen) atoms. The van der Waals surface area contributed by atoms with E-state index in [0.29, 0.717) is 6.04 Å². The number of aliphatic hydroxyl groups excluding tert-OH is 1. The molecule has 4 rings (SSSR count). The second-order valence-corrected chi connectivity index (χ2v) is 7.14. The van der Waals surface area contributed by atoms with Gasteiger partial charge in [-0.05, 0) is 42.6 Å². The summed E-state index contributed by atoms with van der Waals surface area (Å²) in [6.07, 6.45) is 2.36. The summed E-state index contributed by atoms with van der Waals surface area (Å²) in [6, 6.07) is 20.1. The second-order valence-electron chi connectivity index (χ2n) is 7.14. The summed E-state index contributed by atoms with van der Waals surface area (Å²) >= 11 is 0. The topological polar surface area (TPSA) is 26.7 Å². The van der Waals surface area contributed by atoms with E-state index in [0.717, 1.165) is 32.7 Å². The van der Waals surface area contributed by atoms with Crippen molar-refractivity contribution in [3.8, 4) is 11.1 Å². The highest BCUT2D eigenvalue weighted by Crippen LogP contribution is 2.27. The third-order valence-electron chi connectivity index (χ3n) is 5.46. The Labute approximate surface area is 144 Å². The summed E-state index contributed by atoms with van der Waals surface area (Å²) in [4.78, 5) is 5.02. The van der Waals surface area contributed by atoms with Crippen LogP contribution in [0.4, 0.5) is 0 Å². The molecule has 2 aliphatic rings. The molecule has 0 aromatic heterocycles. The molecule has 2 saturated heterocycles. The maximum absolute atomic E-state index is 9.48. The first-order valence-electron chi connectivity index (χ1n) is 9.07. The maximum Gasteiger partial charge on any atom is 0.0794 e. The van der Waals surface area contributed by atoms with E-state index in [9.17, 15) is 5.11 Å². The van der Waals surface area contributed by atoms with Gasteiger partial charge in [-0.15, -0.1) is 0 Å². The van der Waals surface area contributed by atoms with Gasteiger partial charge in [0.1, 0.15) is 0 Å². The molecule has 3 nitrogen and oxygen atoms in total. The van der Waals surface area contributed by atoms with Gasteiger partial charge >= 0.3 is 0 Å². The lowest BCUT2D eigenvalue weighted by atomic mass is 9.96. The van der Waals surface area contributed by atoms with Crippen molar-refractivity contribution < 1.29 is 5.11 Å². The van der Waals surface area contributed by atoms with Gasteiger partial charge in [0.25, 0.3) is 0 Å². The summed E-state index contributed by atoms with van der Waals surface area (Å²) in [5.74, 6) is 0. The molecule has 0 unspecified atom stereocenters. The minimum absolute atomic E-state index is 0.0826. The lowest BCUT2D eigenvalue weighted by molar-refractivity contribution is -0.0402. The number of hydrogen-bond acceptors (Lipinski definition) is 3. The number of hydrogen-bond donors (Lipinski definition) is 1. The van der Waals surface area contributed by atoms with Gasteiger partial charge in [0.15, 0.2) is 0 Å². The molecule has 2 aromatic carbocycles. The summed E-state index contributed by atoms with van der Waals surface area (Å²) in [5.41, 5.74) is 4.07. The van der Waals surface area contributed by atoms with Crippen LogP contribution in [0.2, 0.25) is 0 Å². The van der Waals surface area contributed by atoms with Crippen molar-refractivity contribution in [3.63, 3.8) is 0 Å². The number of piperidine rings is 1. The fraction of sp³-hybridized carbons (Fsp3) is 0.429. The van der Waals surface area contributed by atoms with Crippen LogP contribution in [0.5, 0.6) is 0 Å². The molecule has 1 N–H and O–H groups in total. The van der Waals surface area contributed by atoms with Gasteiger partial charge in [-0.1, -0.05) is 54.6 Å². The lowest BCUT2D eigenvalue weighted by Gasteiger charge is -2.45. The Kier molecular flexibility index (Phi) is 4.65. The Hall–Kier alpha value is -1.68. The SMILES string of the molecule is OC1CN(C2CCN(Cc3ccccc3-c3ccccc3)CC2)C1. The van der Waals surface area contributed by atoms with E-state index in [2.05, 4.69) is 64.4 Å². The number of β-amino-alcohol motifs (C(OH)–C–C–N with tert-alkyl or cyclic N) is 1. The molecule has 0 spiro atoms. The van der Waals surface area contributed by atoms with Gasteiger partial charge in [0, 0.05) is 25.7 Å². The smallest absolute Gasteiger partial charge is 0.0794 e. The minimum atomic E-state index is -0.0826. The van der Waals surface area contributed by atoms with E-state index in [-0.39, 0.29) is 6.10 Å². The predicted octanol–water partition coefficient (Wildman–Crippen LogP) is 2.99. The fourth-order valence-corrected chi connectivity index (χ4v) is 4.03. The average Bonchev–Trinajstić information content (AvgIpc) is 2.61. The van der Waals surface area contributed by atoms with E-state index >= 15 is 0 Å². The van der Waals surface area contributed by atoms with E-state index in [1.165, 1.54) is 29.5 Å². The molecule has 2 aromatic rings. The Bertz CT molecular complexity index is 659. The Balaban J connectivity index is 1.40. The summed E-state index contributed by atoms with van der Waals surface area (Å²) in [7, 11) is 0. The zero-order valence-corrected chi connectivity index (χ0v) is 14.1.